The summed E-state index contributed by atoms with van der Waals surface area (Å²) in [5.41, 5.74) is 1.85. The molecule has 3 rings (SSSR count). The summed E-state index contributed by atoms with van der Waals surface area (Å²) in [7, 11) is -3.45. The molecule has 0 bridgehead atoms. The highest BCUT2D eigenvalue weighted by atomic mass is 32.2. The monoisotopic (exact) mass is 350 g/mol. The van der Waals surface area contributed by atoms with E-state index >= 15 is 0 Å². The summed E-state index contributed by atoms with van der Waals surface area (Å²) in [4.78, 5) is 2.52. The SMILES string of the molecule is Cc1ccc(S(=O)(=O)N2CCN(Cc3nnc(C)o3)CC2)c(C)c1. The molecule has 8 heteroatoms. The number of piperazine rings is 1. The minimum atomic E-state index is -3.45. The van der Waals surface area contributed by atoms with E-state index in [-0.39, 0.29) is 0 Å². The van der Waals surface area contributed by atoms with Gasteiger partial charge in [-0.05, 0) is 25.5 Å². The third-order valence-corrected chi connectivity index (χ3v) is 6.27. The maximum atomic E-state index is 12.9. The molecule has 0 amide bonds. The Morgan fingerprint density at radius 3 is 2.38 bits per heavy atom. The lowest BCUT2D eigenvalue weighted by molar-refractivity contribution is 0.167. The first kappa shape index (κ1) is 17.1. The van der Waals surface area contributed by atoms with Gasteiger partial charge in [0.15, 0.2) is 0 Å². The van der Waals surface area contributed by atoms with Crippen molar-refractivity contribution in [1.29, 1.82) is 0 Å². The van der Waals surface area contributed by atoms with E-state index in [1.807, 2.05) is 26.0 Å². The smallest absolute Gasteiger partial charge is 0.243 e. The van der Waals surface area contributed by atoms with E-state index in [1.165, 1.54) is 0 Å². The van der Waals surface area contributed by atoms with Crippen molar-refractivity contribution in [2.45, 2.75) is 32.2 Å². The molecule has 1 saturated heterocycles. The second-order valence-electron chi connectivity index (χ2n) is 6.16. The van der Waals surface area contributed by atoms with Crippen LogP contribution in [-0.2, 0) is 16.6 Å². The molecule has 1 fully saturated rings. The molecule has 0 N–H and O–H groups in total. The van der Waals surface area contributed by atoms with Crippen molar-refractivity contribution in [3.63, 3.8) is 0 Å². The molecule has 130 valence electrons. The van der Waals surface area contributed by atoms with Gasteiger partial charge < -0.3 is 4.42 Å². The highest BCUT2D eigenvalue weighted by molar-refractivity contribution is 7.89. The molecule has 0 aliphatic carbocycles. The van der Waals surface area contributed by atoms with E-state index in [2.05, 4.69) is 15.1 Å². The van der Waals surface area contributed by atoms with Crippen molar-refractivity contribution in [2.75, 3.05) is 26.2 Å². The number of nitrogens with zero attached hydrogens (tertiary/aromatic N) is 4. The number of rotatable bonds is 4. The molecule has 24 heavy (non-hydrogen) atoms. The van der Waals surface area contributed by atoms with Crippen molar-refractivity contribution in [1.82, 2.24) is 19.4 Å². The van der Waals surface area contributed by atoms with Crippen LogP contribution in [0.5, 0.6) is 0 Å². The first-order valence-corrected chi connectivity index (χ1v) is 9.39. The molecule has 2 aromatic rings. The molecule has 0 radical (unpaired) electrons. The summed E-state index contributed by atoms with van der Waals surface area (Å²) in [6.07, 6.45) is 0. The fraction of sp³-hybridized carbons (Fsp3) is 0.500. The Balaban J connectivity index is 1.67. The fourth-order valence-corrected chi connectivity index (χ4v) is 4.58. The first-order valence-electron chi connectivity index (χ1n) is 7.95. The van der Waals surface area contributed by atoms with Crippen molar-refractivity contribution in [3.05, 3.63) is 41.1 Å². The highest BCUT2D eigenvalue weighted by Gasteiger charge is 2.29. The Bertz CT molecular complexity index is 824. The van der Waals surface area contributed by atoms with Crippen LogP contribution >= 0.6 is 0 Å². The van der Waals surface area contributed by atoms with E-state index in [9.17, 15) is 8.42 Å². The second-order valence-corrected chi connectivity index (χ2v) is 8.07. The Kier molecular flexibility index (Phi) is 4.71. The van der Waals surface area contributed by atoms with Crippen LogP contribution in [0.1, 0.15) is 22.9 Å². The van der Waals surface area contributed by atoms with Gasteiger partial charge in [-0.25, -0.2) is 8.42 Å². The van der Waals surface area contributed by atoms with Crippen LogP contribution in [0.2, 0.25) is 0 Å². The summed E-state index contributed by atoms with van der Waals surface area (Å²) >= 11 is 0. The quantitative estimate of drug-likeness (QED) is 0.831. The maximum absolute atomic E-state index is 12.9. The number of benzene rings is 1. The number of hydrogen-bond acceptors (Lipinski definition) is 6. The van der Waals surface area contributed by atoms with Crippen molar-refractivity contribution in [3.8, 4) is 0 Å². The van der Waals surface area contributed by atoms with E-state index in [1.54, 1.807) is 17.3 Å². The van der Waals surface area contributed by atoms with E-state index in [0.717, 1.165) is 11.1 Å². The predicted octanol–water partition coefficient (Wildman–Crippen LogP) is 1.50. The van der Waals surface area contributed by atoms with Crippen molar-refractivity contribution in [2.24, 2.45) is 0 Å². The van der Waals surface area contributed by atoms with E-state index in [0.29, 0.717) is 49.4 Å². The van der Waals surface area contributed by atoms with Crippen LogP contribution in [0.25, 0.3) is 0 Å². The molecule has 1 aliphatic heterocycles. The molecule has 0 saturated carbocycles. The maximum Gasteiger partial charge on any atom is 0.243 e. The molecule has 1 aromatic carbocycles. The topological polar surface area (TPSA) is 79.5 Å². The van der Waals surface area contributed by atoms with Gasteiger partial charge in [-0.3, -0.25) is 4.90 Å². The lowest BCUT2D eigenvalue weighted by Crippen LogP contribution is -2.48. The lowest BCUT2D eigenvalue weighted by atomic mass is 10.2. The van der Waals surface area contributed by atoms with Crippen LogP contribution < -0.4 is 0 Å². The number of aromatic nitrogens is 2. The van der Waals surface area contributed by atoms with Gasteiger partial charge >= 0.3 is 0 Å². The van der Waals surface area contributed by atoms with Crippen LogP contribution in [0.3, 0.4) is 0 Å². The first-order chi connectivity index (χ1) is 11.4. The van der Waals surface area contributed by atoms with Gasteiger partial charge in [0, 0.05) is 33.1 Å². The molecule has 0 atom stereocenters. The van der Waals surface area contributed by atoms with E-state index < -0.39 is 10.0 Å². The van der Waals surface area contributed by atoms with Gasteiger partial charge in [0.1, 0.15) is 0 Å². The summed E-state index contributed by atoms with van der Waals surface area (Å²) in [5.74, 6) is 1.11. The van der Waals surface area contributed by atoms with Crippen LogP contribution in [-0.4, -0.2) is 54.0 Å². The Hall–Kier alpha value is -1.77. The average Bonchev–Trinajstić information content (AvgIpc) is 2.92. The van der Waals surface area contributed by atoms with Crippen LogP contribution in [0, 0.1) is 20.8 Å². The van der Waals surface area contributed by atoms with Gasteiger partial charge in [-0.2, -0.15) is 4.31 Å². The van der Waals surface area contributed by atoms with Gasteiger partial charge in [0.05, 0.1) is 11.4 Å². The minimum Gasteiger partial charge on any atom is -0.424 e. The average molecular weight is 350 g/mol. The largest absolute Gasteiger partial charge is 0.424 e. The third kappa shape index (κ3) is 3.50. The summed E-state index contributed by atoms with van der Waals surface area (Å²) in [5, 5.41) is 7.80. The van der Waals surface area contributed by atoms with Gasteiger partial charge in [0.2, 0.25) is 21.8 Å². The number of hydrogen-bond donors (Lipinski definition) is 0. The highest BCUT2D eigenvalue weighted by Crippen LogP contribution is 2.22. The summed E-state index contributed by atoms with van der Waals surface area (Å²) in [6, 6.07) is 5.45. The fourth-order valence-electron chi connectivity index (χ4n) is 2.95. The zero-order chi connectivity index (χ0) is 17.3. The van der Waals surface area contributed by atoms with Crippen LogP contribution in [0.15, 0.2) is 27.5 Å². The number of sulfonamides is 1. The Labute approximate surface area is 142 Å². The predicted molar refractivity (Wildman–Crippen MR) is 89.0 cm³/mol. The zero-order valence-electron chi connectivity index (χ0n) is 14.2. The van der Waals surface area contributed by atoms with Crippen LogP contribution in [0.4, 0.5) is 0 Å². The molecule has 1 aromatic heterocycles. The Morgan fingerprint density at radius 2 is 1.79 bits per heavy atom. The van der Waals surface area contributed by atoms with E-state index in [4.69, 9.17) is 4.42 Å². The second kappa shape index (κ2) is 6.62. The Morgan fingerprint density at radius 1 is 1.08 bits per heavy atom. The third-order valence-electron chi connectivity index (χ3n) is 4.21. The summed E-state index contributed by atoms with van der Waals surface area (Å²) in [6.45, 7) is 8.32. The van der Waals surface area contributed by atoms with Crippen molar-refractivity contribution < 1.29 is 12.8 Å². The standard InChI is InChI=1S/C16H22N4O3S/c1-12-4-5-15(13(2)10-12)24(21,22)20-8-6-19(7-9-20)11-16-18-17-14(3)23-16/h4-5,10H,6-9,11H2,1-3H3. The zero-order valence-corrected chi connectivity index (χ0v) is 15.0. The van der Waals surface area contributed by atoms with Gasteiger partial charge in [-0.15, -0.1) is 10.2 Å². The molecule has 7 nitrogen and oxygen atoms in total. The minimum absolute atomic E-state index is 0.397. The van der Waals surface area contributed by atoms with Gasteiger partial charge in [-0.1, -0.05) is 17.7 Å². The van der Waals surface area contributed by atoms with Crippen molar-refractivity contribution >= 4 is 10.0 Å². The molecular weight excluding hydrogens is 328 g/mol. The molecule has 0 unspecified atom stereocenters. The van der Waals surface area contributed by atoms with Gasteiger partial charge in [0.25, 0.3) is 0 Å². The normalized spacial score (nSPS) is 17.3. The summed E-state index contributed by atoms with van der Waals surface area (Å²) < 4.78 is 32.6. The molecular formula is C16H22N4O3S. The lowest BCUT2D eigenvalue weighted by Gasteiger charge is -2.33. The molecule has 0 spiro atoms. The molecule has 1 aliphatic rings. The number of aryl methyl sites for hydroxylation is 3. The molecule has 2 heterocycles.